The highest BCUT2D eigenvalue weighted by atomic mass is 19.4. The summed E-state index contributed by atoms with van der Waals surface area (Å²) in [6.45, 7) is 1.13. The first-order chi connectivity index (χ1) is 19.8. The SMILES string of the molecule is C[C@@]1(N)COc2c1cc([C@](O)(CCC(=O)c1cc(OCCO)c3ncccc3c1)C(F)(F)F)nc2-c1ccc(F)cc1. The molecular formula is C30H27F4N3O5. The summed E-state index contributed by atoms with van der Waals surface area (Å²) in [6.07, 6.45) is -5.48. The minimum atomic E-state index is -5.23. The standard InChI is InChI=1S/C30H27F4N3O5/c1-28(35)16-42-27-21(28)15-24(37-26(27)17-4-6-20(31)7-5-17)29(40,30(32,33)34)9-8-22(39)19-13-18-3-2-10-36-25(18)23(14-19)41-12-11-38/h2-7,10,13-15,38,40H,8-9,11-12,16,35H2,1H3/t28-,29-/m1/s1. The van der Waals surface area contributed by atoms with Gasteiger partial charge in [0.2, 0.25) is 5.60 Å². The molecule has 4 aromatic rings. The molecule has 1 aliphatic rings. The highest BCUT2D eigenvalue weighted by Gasteiger charge is 2.56. The Hall–Kier alpha value is -4.13. The van der Waals surface area contributed by atoms with E-state index in [2.05, 4.69) is 9.97 Å². The number of fused-ring (bicyclic) bond motifs is 2. The van der Waals surface area contributed by atoms with Crippen molar-refractivity contribution in [2.24, 2.45) is 5.73 Å². The fourth-order valence-corrected chi connectivity index (χ4v) is 4.86. The molecule has 0 amide bonds. The van der Waals surface area contributed by atoms with Gasteiger partial charge in [-0.3, -0.25) is 9.78 Å². The Labute approximate surface area is 237 Å². The van der Waals surface area contributed by atoms with Crippen molar-refractivity contribution in [1.29, 1.82) is 0 Å². The van der Waals surface area contributed by atoms with Crippen LogP contribution in [0.3, 0.4) is 0 Å². The number of aliphatic hydroxyl groups excluding tert-OH is 1. The molecule has 42 heavy (non-hydrogen) atoms. The number of rotatable bonds is 9. The minimum absolute atomic E-state index is 0.0432. The third-order valence-corrected chi connectivity index (χ3v) is 7.17. The number of ketones is 1. The molecule has 5 rings (SSSR count). The Bertz CT molecular complexity index is 1640. The lowest BCUT2D eigenvalue weighted by molar-refractivity contribution is -0.270. The molecule has 2 aromatic carbocycles. The van der Waals surface area contributed by atoms with Gasteiger partial charge in [-0.25, -0.2) is 9.37 Å². The molecule has 0 radical (unpaired) electrons. The molecule has 1 aliphatic heterocycles. The quantitative estimate of drug-likeness (QED) is 0.189. The smallest absolute Gasteiger partial charge is 0.422 e. The number of hydrogen-bond acceptors (Lipinski definition) is 8. The number of alkyl halides is 3. The third kappa shape index (κ3) is 5.40. The first kappa shape index (κ1) is 29.4. The highest BCUT2D eigenvalue weighted by Crippen LogP contribution is 2.48. The van der Waals surface area contributed by atoms with Gasteiger partial charge in [0, 0.05) is 34.7 Å². The van der Waals surface area contributed by atoms with E-state index >= 15 is 0 Å². The Kier molecular flexibility index (Phi) is 7.64. The number of ether oxygens (including phenoxy) is 2. The van der Waals surface area contributed by atoms with Gasteiger partial charge in [-0.1, -0.05) is 6.07 Å². The monoisotopic (exact) mass is 585 g/mol. The van der Waals surface area contributed by atoms with Gasteiger partial charge < -0.3 is 25.4 Å². The number of nitrogens with two attached hydrogens (primary N) is 1. The van der Waals surface area contributed by atoms with Crippen LogP contribution >= 0.6 is 0 Å². The second-order valence-electron chi connectivity index (χ2n) is 10.3. The van der Waals surface area contributed by atoms with Gasteiger partial charge in [-0.15, -0.1) is 0 Å². The number of carbonyl (C=O) groups excluding carboxylic acids is 1. The van der Waals surface area contributed by atoms with Crippen LogP contribution in [0.5, 0.6) is 11.5 Å². The van der Waals surface area contributed by atoms with Gasteiger partial charge in [0.1, 0.15) is 36.0 Å². The lowest BCUT2D eigenvalue weighted by atomic mass is 9.86. The molecule has 0 spiro atoms. The molecule has 0 fully saturated rings. The van der Waals surface area contributed by atoms with E-state index in [1.807, 2.05) is 0 Å². The predicted molar refractivity (Wildman–Crippen MR) is 145 cm³/mol. The second-order valence-corrected chi connectivity index (χ2v) is 10.3. The first-order valence-electron chi connectivity index (χ1n) is 13.0. The number of pyridine rings is 2. The van der Waals surface area contributed by atoms with Crippen molar-refractivity contribution in [2.75, 3.05) is 19.8 Å². The van der Waals surface area contributed by atoms with Crippen LogP contribution in [-0.4, -0.2) is 52.0 Å². The molecule has 0 saturated carbocycles. The summed E-state index contributed by atoms with van der Waals surface area (Å²) >= 11 is 0. The zero-order valence-electron chi connectivity index (χ0n) is 22.4. The topological polar surface area (TPSA) is 128 Å². The summed E-state index contributed by atoms with van der Waals surface area (Å²) < 4.78 is 68.6. The van der Waals surface area contributed by atoms with Crippen LogP contribution in [0, 0.1) is 5.82 Å². The Morgan fingerprint density at radius 3 is 2.60 bits per heavy atom. The van der Waals surface area contributed by atoms with Crippen molar-refractivity contribution < 1.29 is 42.0 Å². The first-order valence-corrected chi connectivity index (χ1v) is 13.0. The number of hydrogen-bond donors (Lipinski definition) is 3. The number of Topliss-reactive ketones (excluding diaryl/α,β-unsaturated/α-hetero) is 1. The third-order valence-electron chi connectivity index (χ3n) is 7.17. The van der Waals surface area contributed by atoms with Gasteiger partial charge in [-0.05, 0) is 61.9 Å². The van der Waals surface area contributed by atoms with Crippen LogP contribution in [0.15, 0.2) is 60.8 Å². The summed E-state index contributed by atoms with van der Waals surface area (Å²) in [5, 5.41) is 20.9. The Balaban J connectivity index is 1.54. The second kappa shape index (κ2) is 10.9. The molecule has 8 nitrogen and oxygen atoms in total. The summed E-state index contributed by atoms with van der Waals surface area (Å²) in [6, 6.07) is 12.1. The molecule has 2 atom stereocenters. The molecule has 0 unspecified atom stereocenters. The van der Waals surface area contributed by atoms with E-state index in [0.717, 1.165) is 18.2 Å². The predicted octanol–water partition coefficient (Wildman–Crippen LogP) is 4.79. The molecule has 4 N–H and O–H groups in total. The van der Waals surface area contributed by atoms with Crippen molar-refractivity contribution in [3.05, 3.63) is 83.4 Å². The minimum Gasteiger partial charge on any atom is -0.489 e. The van der Waals surface area contributed by atoms with Crippen LogP contribution in [0.2, 0.25) is 0 Å². The fourth-order valence-electron chi connectivity index (χ4n) is 4.86. The van der Waals surface area contributed by atoms with Gasteiger partial charge in [-0.2, -0.15) is 13.2 Å². The summed E-state index contributed by atoms with van der Waals surface area (Å²) in [5.74, 6) is -0.931. The maximum absolute atomic E-state index is 14.6. The van der Waals surface area contributed by atoms with E-state index in [1.165, 1.54) is 30.5 Å². The van der Waals surface area contributed by atoms with Gasteiger partial charge in [0.25, 0.3) is 0 Å². The average molecular weight is 586 g/mol. The van der Waals surface area contributed by atoms with Gasteiger partial charge >= 0.3 is 6.18 Å². The number of halogens is 4. The zero-order chi connectivity index (χ0) is 30.3. The molecule has 12 heteroatoms. The van der Waals surface area contributed by atoms with Crippen LogP contribution < -0.4 is 15.2 Å². The van der Waals surface area contributed by atoms with E-state index in [0.29, 0.717) is 10.9 Å². The Morgan fingerprint density at radius 1 is 1.17 bits per heavy atom. The molecular weight excluding hydrogens is 558 g/mol. The van der Waals surface area contributed by atoms with Crippen molar-refractivity contribution in [3.63, 3.8) is 0 Å². The lowest BCUT2D eigenvalue weighted by Crippen LogP contribution is -2.44. The zero-order valence-corrected chi connectivity index (χ0v) is 22.4. The lowest BCUT2D eigenvalue weighted by Gasteiger charge is -2.31. The van der Waals surface area contributed by atoms with Crippen molar-refractivity contribution in [2.45, 2.75) is 37.1 Å². The van der Waals surface area contributed by atoms with Crippen LogP contribution in [0.4, 0.5) is 17.6 Å². The van der Waals surface area contributed by atoms with Crippen molar-refractivity contribution >= 4 is 16.7 Å². The molecule has 220 valence electrons. The van der Waals surface area contributed by atoms with Crippen LogP contribution in [0.1, 0.15) is 41.4 Å². The number of benzene rings is 2. The van der Waals surface area contributed by atoms with Crippen LogP contribution in [-0.2, 0) is 11.1 Å². The van der Waals surface area contributed by atoms with Gasteiger partial charge in [0.05, 0.1) is 17.8 Å². The van der Waals surface area contributed by atoms with E-state index in [4.69, 9.17) is 20.3 Å². The number of nitrogens with zero attached hydrogens (tertiary/aromatic N) is 2. The van der Waals surface area contributed by atoms with E-state index in [9.17, 15) is 27.5 Å². The Morgan fingerprint density at radius 2 is 1.90 bits per heavy atom. The summed E-state index contributed by atoms with van der Waals surface area (Å²) in [5.41, 5.74) is 1.67. The number of aromatic nitrogens is 2. The summed E-state index contributed by atoms with van der Waals surface area (Å²) in [4.78, 5) is 21.6. The van der Waals surface area contributed by atoms with E-state index < -0.39 is 47.5 Å². The van der Waals surface area contributed by atoms with E-state index in [1.54, 1.807) is 19.1 Å². The number of carbonyl (C=O) groups is 1. The maximum Gasteiger partial charge on any atom is 0.422 e. The molecule has 0 aliphatic carbocycles. The molecule has 0 saturated heterocycles. The van der Waals surface area contributed by atoms with Crippen LogP contribution in [0.25, 0.3) is 22.2 Å². The van der Waals surface area contributed by atoms with E-state index in [-0.39, 0.29) is 53.7 Å². The highest BCUT2D eigenvalue weighted by molar-refractivity contribution is 6.01. The average Bonchev–Trinajstić information content (AvgIpc) is 3.27. The fraction of sp³-hybridized carbons (Fsp3) is 0.300. The summed E-state index contributed by atoms with van der Waals surface area (Å²) in [7, 11) is 0. The molecule has 3 heterocycles. The number of aliphatic hydroxyl groups is 2. The molecule has 0 bridgehead atoms. The van der Waals surface area contributed by atoms with Crippen molar-refractivity contribution in [1.82, 2.24) is 9.97 Å². The largest absolute Gasteiger partial charge is 0.489 e. The normalized spacial score (nSPS) is 17.9. The van der Waals surface area contributed by atoms with Crippen molar-refractivity contribution in [3.8, 4) is 22.8 Å². The maximum atomic E-state index is 14.6. The van der Waals surface area contributed by atoms with Gasteiger partial charge in [0.15, 0.2) is 11.5 Å². The molecule has 2 aromatic heterocycles.